The first-order valence-electron chi connectivity index (χ1n) is 15.3. The molecule has 0 aromatic rings. The number of carbonyl (C=O) groups is 5. The molecule has 3 amide bonds. The molecular formula is C35H55N3O8. The van der Waals surface area contributed by atoms with Crippen LogP contribution in [0.15, 0.2) is 60.8 Å². The Morgan fingerprint density at radius 1 is 0.913 bits per heavy atom. The second-order valence-electron chi connectivity index (χ2n) is 12.8. The van der Waals surface area contributed by atoms with Gasteiger partial charge in [0.2, 0.25) is 11.8 Å². The molecule has 2 N–H and O–H groups in total. The van der Waals surface area contributed by atoms with E-state index in [1.165, 1.54) is 31.0 Å². The number of esters is 2. The molecule has 11 nitrogen and oxygen atoms in total. The smallest absolute Gasteiger partial charge is 0.408 e. The summed E-state index contributed by atoms with van der Waals surface area (Å²) in [6.45, 7) is 27.4. The van der Waals surface area contributed by atoms with Crippen LogP contribution in [0.2, 0.25) is 0 Å². The van der Waals surface area contributed by atoms with Gasteiger partial charge in [-0.1, -0.05) is 96.7 Å². The monoisotopic (exact) mass is 645 g/mol. The van der Waals surface area contributed by atoms with Gasteiger partial charge < -0.3 is 29.7 Å². The third kappa shape index (κ3) is 15.7. The number of nitrogens with zero attached hydrogens (tertiary/aromatic N) is 1. The molecule has 0 fully saturated rings. The van der Waals surface area contributed by atoms with Crippen LogP contribution < -0.4 is 10.6 Å². The first-order chi connectivity index (χ1) is 21.2. The number of nitrogens with one attached hydrogen (secondary N) is 2. The van der Waals surface area contributed by atoms with Crippen LogP contribution in [0.25, 0.3) is 0 Å². The lowest BCUT2D eigenvalue weighted by Gasteiger charge is -2.32. The first-order valence-corrected chi connectivity index (χ1v) is 15.3. The van der Waals surface area contributed by atoms with E-state index in [4.69, 9.17) is 14.2 Å². The number of amides is 3. The SMILES string of the molecule is C=CCOC(=O)CC(=C)[C@H](C)[C@H](OC(=O)CNC(=O)[C@H](C(C)C)N(C)C(=O)[C@H](C)NC(=O)OCC=C)/C(C)=C/C(C)=C/C(C)(C)C. The molecule has 258 valence electrons. The van der Waals surface area contributed by atoms with E-state index in [2.05, 4.69) is 57.2 Å². The van der Waals surface area contributed by atoms with Crippen LogP contribution in [-0.4, -0.2) is 79.7 Å². The van der Waals surface area contributed by atoms with Gasteiger partial charge in [-0.2, -0.15) is 0 Å². The molecule has 4 atom stereocenters. The van der Waals surface area contributed by atoms with Gasteiger partial charge in [-0.15, -0.1) is 0 Å². The molecule has 0 heterocycles. The summed E-state index contributed by atoms with van der Waals surface area (Å²) in [4.78, 5) is 64.7. The number of likely N-dealkylation sites (N-methyl/N-ethyl adjacent to an activating group) is 1. The van der Waals surface area contributed by atoms with Gasteiger partial charge in [-0.3, -0.25) is 19.2 Å². The highest BCUT2D eigenvalue weighted by Gasteiger charge is 2.33. The average molecular weight is 646 g/mol. The molecule has 0 aromatic carbocycles. The van der Waals surface area contributed by atoms with Crippen molar-refractivity contribution in [2.75, 3.05) is 26.8 Å². The lowest BCUT2D eigenvalue weighted by atomic mass is 9.88. The Hall–Kier alpha value is -4.15. The van der Waals surface area contributed by atoms with Crippen molar-refractivity contribution in [3.05, 3.63) is 60.8 Å². The fourth-order valence-electron chi connectivity index (χ4n) is 4.75. The third-order valence-corrected chi connectivity index (χ3v) is 6.76. The minimum absolute atomic E-state index is 0.0196. The molecule has 46 heavy (non-hydrogen) atoms. The quantitative estimate of drug-likeness (QED) is 0.0914. The summed E-state index contributed by atoms with van der Waals surface area (Å²) in [6, 6.07) is -1.92. The number of hydrogen-bond donors (Lipinski definition) is 2. The standard InChI is InChI=1S/C35H55N3O8/c1-14-16-44-28(39)19-24(6)26(8)31(25(7)18-23(5)20-35(10,11)12)46-29(40)21-36-32(41)30(22(3)4)38(13)33(42)27(9)37-34(43)45-17-15-2/h14-15,18,20,22,26-27,30-31H,1-2,6,16-17,19,21H2,3-5,7-13H3,(H,36,41)(H,37,43)/b23-20+,25-18+/t26-,27-,30-,31+/m0/s1. The van der Waals surface area contributed by atoms with Gasteiger partial charge in [0.25, 0.3) is 0 Å². The lowest BCUT2D eigenvalue weighted by Crippen LogP contribution is -2.55. The highest BCUT2D eigenvalue weighted by Crippen LogP contribution is 2.27. The molecule has 0 spiro atoms. The van der Waals surface area contributed by atoms with Crippen LogP contribution in [0.1, 0.15) is 68.7 Å². The Balaban J connectivity index is 5.85. The van der Waals surface area contributed by atoms with E-state index in [1.54, 1.807) is 20.8 Å². The van der Waals surface area contributed by atoms with Crippen LogP contribution in [0.3, 0.4) is 0 Å². The molecule has 0 aliphatic carbocycles. The van der Waals surface area contributed by atoms with Crippen molar-refractivity contribution in [1.29, 1.82) is 0 Å². The van der Waals surface area contributed by atoms with Crippen molar-refractivity contribution in [3.8, 4) is 0 Å². The summed E-state index contributed by atoms with van der Waals surface area (Å²) in [5.74, 6) is -3.08. The minimum Gasteiger partial charge on any atom is -0.461 e. The summed E-state index contributed by atoms with van der Waals surface area (Å²) in [5.41, 5.74) is 2.13. The molecule has 0 unspecified atom stereocenters. The molecule has 11 heteroatoms. The fraction of sp³-hybridized carbons (Fsp3) is 0.571. The van der Waals surface area contributed by atoms with Crippen LogP contribution in [0.5, 0.6) is 0 Å². The van der Waals surface area contributed by atoms with E-state index in [0.717, 1.165) is 11.1 Å². The van der Waals surface area contributed by atoms with E-state index in [1.807, 2.05) is 19.9 Å². The highest BCUT2D eigenvalue weighted by molar-refractivity contribution is 5.92. The van der Waals surface area contributed by atoms with Crippen LogP contribution in [0.4, 0.5) is 4.79 Å². The van der Waals surface area contributed by atoms with Crippen molar-refractivity contribution in [3.63, 3.8) is 0 Å². The van der Waals surface area contributed by atoms with Crippen LogP contribution in [0, 0.1) is 17.3 Å². The summed E-state index contributed by atoms with van der Waals surface area (Å²) >= 11 is 0. The predicted octanol–water partition coefficient (Wildman–Crippen LogP) is 5.05. The topological polar surface area (TPSA) is 140 Å². The van der Waals surface area contributed by atoms with E-state index in [0.29, 0.717) is 5.57 Å². The van der Waals surface area contributed by atoms with Gasteiger partial charge in [-0.25, -0.2) is 4.79 Å². The summed E-state index contributed by atoms with van der Waals surface area (Å²) < 4.78 is 15.8. The first kappa shape index (κ1) is 41.9. The van der Waals surface area contributed by atoms with Crippen molar-refractivity contribution in [2.24, 2.45) is 17.3 Å². The maximum atomic E-state index is 13.2. The zero-order valence-corrected chi connectivity index (χ0v) is 29.4. The van der Waals surface area contributed by atoms with Gasteiger partial charge in [0.05, 0.1) is 6.42 Å². The third-order valence-electron chi connectivity index (χ3n) is 6.76. The number of rotatable bonds is 18. The number of ether oxygens (including phenoxy) is 3. The number of allylic oxidation sites excluding steroid dienone is 3. The van der Waals surface area contributed by atoms with Gasteiger partial charge >= 0.3 is 18.0 Å². The Morgan fingerprint density at radius 2 is 1.48 bits per heavy atom. The van der Waals surface area contributed by atoms with Gasteiger partial charge in [0.15, 0.2) is 0 Å². The summed E-state index contributed by atoms with van der Waals surface area (Å²) in [7, 11) is 1.45. The minimum atomic E-state index is -0.976. The van der Waals surface area contributed by atoms with E-state index >= 15 is 0 Å². The average Bonchev–Trinajstić information content (AvgIpc) is 2.94. The van der Waals surface area contributed by atoms with E-state index in [9.17, 15) is 24.0 Å². The highest BCUT2D eigenvalue weighted by atomic mass is 16.6. The Labute approximate surface area is 275 Å². The van der Waals surface area contributed by atoms with Crippen molar-refractivity contribution >= 4 is 29.8 Å². The number of alkyl carbamates (subject to hydrolysis) is 1. The van der Waals surface area contributed by atoms with Crippen molar-refractivity contribution < 1.29 is 38.2 Å². The van der Waals surface area contributed by atoms with Crippen LogP contribution >= 0.6 is 0 Å². The summed E-state index contributed by atoms with van der Waals surface area (Å²) in [6.07, 6.45) is 5.22. The molecule has 0 aromatic heterocycles. The number of hydrogen-bond acceptors (Lipinski definition) is 8. The fourth-order valence-corrected chi connectivity index (χ4v) is 4.75. The van der Waals surface area contributed by atoms with Gasteiger partial charge in [-0.05, 0) is 37.7 Å². The molecule has 0 radical (unpaired) electrons. The molecule has 0 saturated heterocycles. The van der Waals surface area contributed by atoms with Gasteiger partial charge in [0.1, 0.15) is 37.9 Å². The largest absolute Gasteiger partial charge is 0.461 e. The number of carbonyl (C=O) groups excluding carboxylic acids is 5. The molecule has 0 rings (SSSR count). The second-order valence-corrected chi connectivity index (χ2v) is 12.8. The lowest BCUT2D eigenvalue weighted by molar-refractivity contribution is -0.150. The normalized spacial score (nSPS) is 14.6. The molecule has 0 saturated carbocycles. The molecular weight excluding hydrogens is 590 g/mol. The van der Waals surface area contributed by atoms with E-state index < -0.39 is 60.5 Å². The maximum absolute atomic E-state index is 13.2. The predicted molar refractivity (Wildman–Crippen MR) is 179 cm³/mol. The Bertz CT molecular complexity index is 1180. The maximum Gasteiger partial charge on any atom is 0.408 e. The second kappa shape index (κ2) is 20.1. The summed E-state index contributed by atoms with van der Waals surface area (Å²) in [5, 5.41) is 5.00. The zero-order chi connectivity index (χ0) is 35.8. The van der Waals surface area contributed by atoms with E-state index in [-0.39, 0.29) is 31.0 Å². The Morgan fingerprint density at radius 3 is 2.00 bits per heavy atom. The van der Waals surface area contributed by atoms with Crippen molar-refractivity contribution in [2.45, 2.75) is 86.9 Å². The molecule has 0 aliphatic rings. The van der Waals surface area contributed by atoms with Crippen molar-refractivity contribution in [1.82, 2.24) is 15.5 Å². The molecule has 0 aliphatic heterocycles. The van der Waals surface area contributed by atoms with Gasteiger partial charge in [0, 0.05) is 13.0 Å². The zero-order valence-electron chi connectivity index (χ0n) is 29.4. The Kier molecular flexibility index (Phi) is 18.3. The van der Waals surface area contributed by atoms with Crippen LogP contribution in [-0.2, 0) is 33.4 Å². The molecule has 0 bridgehead atoms.